The van der Waals surface area contributed by atoms with Gasteiger partial charge < -0.3 is 10.6 Å². The van der Waals surface area contributed by atoms with E-state index >= 15 is 0 Å². The van der Waals surface area contributed by atoms with Crippen LogP contribution in [0.25, 0.3) is 0 Å². The number of fused-ring (bicyclic) bond motifs is 1. The zero-order valence-corrected chi connectivity index (χ0v) is 10.9. The fourth-order valence-corrected chi connectivity index (χ4v) is 3.03. The molecule has 1 saturated heterocycles. The highest BCUT2D eigenvalue weighted by Gasteiger charge is 2.19. The molecule has 3 rings (SSSR count). The van der Waals surface area contributed by atoms with Crippen molar-refractivity contribution in [2.75, 3.05) is 18.0 Å². The molecule has 0 amide bonds. The lowest BCUT2D eigenvalue weighted by Gasteiger charge is -2.31. The summed E-state index contributed by atoms with van der Waals surface area (Å²) >= 11 is 0. The Kier molecular flexibility index (Phi) is 3.46. The van der Waals surface area contributed by atoms with E-state index in [0.29, 0.717) is 6.04 Å². The average molecular weight is 246 g/mol. The van der Waals surface area contributed by atoms with Crippen molar-refractivity contribution in [1.82, 2.24) is 10.2 Å². The van der Waals surface area contributed by atoms with Crippen molar-refractivity contribution in [1.29, 1.82) is 0 Å². The smallest absolute Gasteiger partial charge is 0.151 e. The molecule has 0 aromatic carbocycles. The number of hydrogen-bond acceptors (Lipinski definition) is 4. The normalized spacial score (nSPS) is 24.5. The first-order valence-electron chi connectivity index (χ1n) is 7.19. The minimum Gasteiger partial charge on any atom is -0.354 e. The number of piperidine rings is 1. The zero-order chi connectivity index (χ0) is 12.4. The van der Waals surface area contributed by atoms with Gasteiger partial charge in [-0.2, -0.15) is 5.10 Å². The van der Waals surface area contributed by atoms with Crippen molar-refractivity contribution in [3.63, 3.8) is 0 Å². The summed E-state index contributed by atoms with van der Waals surface area (Å²) in [5, 5.41) is 8.86. The summed E-state index contributed by atoms with van der Waals surface area (Å²) in [5.41, 5.74) is 8.67. The van der Waals surface area contributed by atoms with Gasteiger partial charge in [0.05, 0.1) is 5.69 Å². The first-order valence-corrected chi connectivity index (χ1v) is 7.19. The van der Waals surface area contributed by atoms with Crippen molar-refractivity contribution in [3.05, 3.63) is 17.3 Å². The van der Waals surface area contributed by atoms with E-state index in [2.05, 4.69) is 21.2 Å². The second-order valence-corrected chi connectivity index (χ2v) is 5.58. The SMILES string of the molecule is N[C@H]1CCCN(c2cc3c(nn2)CCCCC3)C1. The van der Waals surface area contributed by atoms with Crippen LogP contribution in [0, 0.1) is 0 Å². The van der Waals surface area contributed by atoms with Gasteiger partial charge >= 0.3 is 0 Å². The van der Waals surface area contributed by atoms with Crippen molar-refractivity contribution in [2.45, 2.75) is 51.0 Å². The number of nitrogens with zero attached hydrogens (tertiary/aromatic N) is 3. The molecular weight excluding hydrogens is 224 g/mol. The van der Waals surface area contributed by atoms with E-state index in [9.17, 15) is 0 Å². The molecule has 2 N–H and O–H groups in total. The molecule has 1 fully saturated rings. The van der Waals surface area contributed by atoms with Gasteiger partial charge in [-0.3, -0.25) is 0 Å². The molecule has 4 nitrogen and oxygen atoms in total. The quantitative estimate of drug-likeness (QED) is 0.766. The summed E-state index contributed by atoms with van der Waals surface area (Å²) in [7, 11) is 0. The van der Waals surface area contributed by atoms with Crippen LogP contribution >= 0.6 is 0 Å². The molecule has 1 atom stereocenters. The zero-order valence-electron chi connectivity index (χ0n) is 10.9. The van der Waals surface area contributed by atoms with E-state index in [4.69, 9.17) is 5.73 Å². The summed E-state index contributed by atoms with van der Waals surface area (Å²) in [4.78, 5) is 2.30. The van der Waals surface area contributed by atoms with E-state index in [-0.39, 0.29) is 0 Å². The molecule has 0 spiro atoms. The Morgan fingerprint density at radius 1 is 1.11 bits per heavy atom. The van der Waals surface area contributed by atoms with E-state index in [0.717, 1.165) is 38.2 Å². The molecule has 1 aliphatic heterocycles. The van der Waals surface area contributed by atoms with Crippen molar-refractivity contribution >= 4 is 5.82 Å². The van der Waals surface area contributed by atoms with Gasteiger partial charge in [-0.25, -0.2) is 0 Å². The lowest BCUT2D eigenvalue weighted by molar-refractivity contribution is 0.501. The molecular formula is C14H22N4. The summed E-state index contributed by atoms with van der Waals surface area (Å²) in [5.74, 6) is 1.03. The molecule has 98 valence electrons. The van der Waals surface area contributed by atoms with Crippen LogP contribution in [0.3, 0.4) is 0 Å². The number of anilines is 1. The second kappa shape index (κ2) is 5.22. The number of aromatic nitrogens is 2. The molecule has 1 aliphatic carbocycles. The van der Waals surface area contributed by atoms with Crippen LogP contribution in [0.1, 0.15) is 43.4 Å². The maximum absolute atomic E-state index is 6.04. The molecule has 4 heteroatoms. The van der Waals surface area contributed by atoms with Crippen LogP contribution in [0.2, 0.25) is 0 Å². The first-order chi connectivity index (χ1) is 8.83. The van der Waals surface area contributed by atoms with Crippen LogP contribution in [-0.4, -0.2) is 29.3 Å². The highest BCUT2D eigenvalue weighted by Crippen LogP contribution is 2.23. The lowest BCUT2D eigenvalue weighted by Crippen LogP contribution is -2.43. The van der Waals surface area contributed by atoms with Gasteiger partial charge in [0.25, 0.3) is 0 Å². The summed E-state index contributed by atoms with van der Waals surface area (Å²) in [6, 6.07) is 2.55. The Balaban J connectivity index is 1.82. The third-order valence-electron chi connectivity index (χ3n) is 4.09. The van der Waals surface area contributed by atoms with E-state index in [1.807, 2.05) is 0 Å². The van der Waals surface area contributed by atoms with Gasteiger partial charge in [-0.1, -0.05) is 6.42 Å². The monoisotopic (exact) mass is 246 g/mol. The van der Waals surface area contributed by atoms with Crippen LogP contribution in [-0.2, 0) is 12.8 Å². The predicted molar refractivity (Wildman–Crippen MR) is 72.7 cm³/mol. The molecule has 18 heavy (non-hydrogen) atoms. The van der Waals surface area contributed by atoms with Crippen molar-refractivity contribution in [2.24, 2.45) is 5.73 Å². The molecule has 0 unspecified atom stereocenters. The fraction of sp³-hybridized carbons (Fsp3) is 0.714. The molecule has 1 aromatic rings. The van der Waals surface area contributed by atoms with Gasteiger partial charge in [-0.15, -0.1) is 5.10 Å². The number of nitrogens with two attached hydrogens (primary N) is 1. The second-order valence-electron chi connectivity index (χ2n) is 5.58. The van der Waals surface area contributed by atoms with Crippen LogP contribution in [0.15, 0.2) is 6.07 Å². The highest BCUT2D eigenvalue weighted by molar-refractivity contribution is 5.42. The Morgan fingerprint density at radius 3 is 2.89 bits per heavy atom. The van der Waals surface area contributed by atoms with Gasteiger partial charge in [-0.05, 0) is 50.2 Å². The minimum atomic E-state index is 0.291. The van der Waals surface area contributed by atoms with Crippen molar-refractivity contribution in [3.8, 4) is 0 Å². The average Bonchev–Trinajstić information content (AvgIpc) is 2.63. The van der Waals surface area contributed by atoms with Crippen LogP contribution < -0.4 is 10.6 Å². The van der Waals surface area contributed by atoms with Crippen LogP contribution in [0.5, 0.6) is 0 Å². The molecule has 2 heterocycles. The third-order valence-corrected chi connectivity index (χ3v) is 4.09. The Morgan fingerprint density at radius 2 is 2.00 bits per heavy atom. The number of aryl methyl sites for hydroxylation is 2. The Labute approximate surface area is 109 Å². The Bertz CT molecular complexity index is 418. The number of rotatable bonds is 1. The van der Waals surface area contributed by atoms with Gasteiger partial charge in [0.2, 0.25) is 0 Å². The molecule has 2 aliphatic rings. The summed E-state index contributed by atoms with van der Waals surface area (Å²) in [6.07, 6.45) is 8.43. The lowest BCUT2D eigenvalue weighted by atomic mass is 10.1. The molecule has 0 saturated carbocycles. The maximum Gasteiger partial charge on any atom is 0.151 e. The molecule has 0 bridgehead atoms. The highest BCUT2D eigenvalue weighted by atomic mass is 15.3. The van der Waals surface area contributed by atoms with E-state index in [1.165, 1.54) is 36.9 Å². The summed E-state index contributed by atoms with van der Waals surface area (Å²) < 4.78 is 0. The minimum absolute atomic E-state index is 0.291. The van der Waals surface area contributed by atoms with E-state index < -0.39 is 0 Å². The number of hydrogen-bond donors (Lipinski definition) is 1. The van der Waals surface area contributed by atoms with Crippen LogP contribution in [0.4, 0.5) is 5.82 Å². The molecule has 1 aromatic heterocycles. The van der Waals surface area contributed by atoms with Crippen molar-refractivity contribution < 1.29 is 0 Å². The molecule has 0 radical (unpaired) electrons. The van der Waals surface area contributed by atoms with Gasteiger partial charge in [0, 0.05) is 19.1 Å². The predicted octanol–water partition coefficient (Wildman–Crippen LogP) is 1.67. The standard InChI is InChI=1S/C14H22N4/c15-12-6-4-8-18(10-12)14-9-11-5-2-1-3-7-13(11)16-17-14/h9,12H,1-8,10,15H2/t12-/m0/s1. The van der Waals surface area contributed by atoms with Gasteiger partial charge in [0.15, 0.2) is 5.82 Å². The van der Waals surface area contributed by atoms with E-state index in [1.54, 1.807) is 0 Å². The fourth-order valence-electron chi connectivity index (χ4n) is 3.03. The largest absolute Gasteiger partial charge is 0.354 e. The summed E-state index contributed by atoms with van der Waals surface area (Å²) in [6.45, 7) is 1.99. The topological polar surface area (TPSA) is 55.0 Å². The Hall–Kier alpha value is -1.16. The van der Waals surface area contributed by atoms with Gasteiger partial charge in [0.1, 0.15) is 0 Å². The first kappa shape index (κ1) is 11.9. The third kappa shape index (κ3) is 2.48. The maximum atomic E-state index is 6.04.